The van der Waals surface area contributed by atoms with Crippen LogP contribution < -0.4 is 0 Å². The van der Waals surface area contributed by atoms with Crippen molar-refractivity contribution in [3.63, 3.8) is 0 Å². The molecule has 1 heterocycles. The molecule has 0 unspecified atom stereocenters. The minimum absolute atomic E-state index is 0.0864. The van der Waals surface area contributed by atoms with Crippen LogP contribution >= 0.6 is 0 Å². The second-order valence-corrected chi connectivity index (χ2v) is 4.41. The van der Waals surface area contributed by atoms with E-state index >= 15 is 0 Å². The number of esters is 3. The molecular formula is C12H18O8. The molecule has 0 aromatic carbocycles. The van der Waals surface area contributed by atoms with Gasteiger partial charge in [-0.2, -0.15) is 0 Å². The SMILES string of the molecule is CC(=O)OC[C@@H]1C[C@H](OC(C)=O)[C@H](OC(C)=O)[C@@H](O)O1. The van der Waals surface area contributed by atoms with Crippen LogP contribution in [0.1, 0.15) is 27.2 Å². The third-order valence-corrected chi connectivity index (χ3v) is 2.57. The first kappa shape index (κ1) is 16.4. The first-order chi connectivity index (χ1) is 9.29. The standard InChI is InChI=1S/C12H18O8/c1-6(13)17-5-9-4-10(18-7(2)14)11(12(16)20-9)19-8(3)15/h9-12,16H,4-5H2,1-3H3/t9-,10-,11-,12-/m0/s1. The fraction of sp³-hybridized carbons (Fsp3) is 0.750. The number of hydrogen-bond donors (Lipinski definition) is 1. The lowest BCUT2D eigenvalue weighted by molar-refractivity contribution is -0.263. The van der Waals surface area contributed by atoms with Gasteiger partial charge in [0.2, 0.25) is 0 Å². The van der Waals surface area contributed by atoms with Gasteiger partial charge in [0.05, 0.1) is 6.10 Å². The Hall–Kier alpha value is -1.67. The second-order valence-electron chi connectivity index (χ2n) is 4.41. The summed E-state index contributed by atoms with van der Waals surface area (Å²) in [4.78, 5) is 32.8. The Morgan fingerprint density at radius 1 is 1.10 bits per heavy atom. The van der Waals surface area contributed by atoms with Crippen molar-refractivity contribution in [1.82, 2.24) is 0 Å². The van der Waals surface area contributed by atoms with Crippen LogP contribution in [-0.2, 0) is 33.3 Å². The van der Waals surface area contributed by atoms with Gasteiger partial charge in [-0.3, -0.25) is 14.4 Å². The summed E-state index contributed by atoms with van der Waals surface area (Å²) >= 11 is 0. The van der Waals surface area contributed by atoms with E-state index in [4.69, 9.17) is 18.9 Å². The van der Waals surface area contributed by atoms with Crippen molar-refractivity contribution in [2.24, 2.45) is 0 Å². The third-order valence-electron chi connectivity index (χ3n) is 2.57. The van der Waals surface area contributed by atoms with E-state index in [1.165, 1.54) is 20.8 Å². The van der Waals surface area contributed by atoms with E-state index in [-0.39, 0.29) is 13.0 Å². The minimum atomic E-state index is -1.46. The van der Waals surface area contributed by atoms with Gasteiger partial charge in [0.25, 0.3) is 0 Å². The van der Waals surface area contributed by atoms with Crippen LogP contribution in [0, 0.1) is 0 Å². The molecule has 1 aliphatic rings. The maximum Gasteiger partial charge on any atom is 0.303 e. The second kappa shape index (κ2) is 7.20. The lowest BCUT2D eigenvalue weighted by atomic mass is 10.0. The molecule has 1 N–H and O–H groups in total. The molecule has 0 aliphatic carbocycles. The van der Waals surface area contributed by atoms with Gasteiger partial charge >= 0.3 is 17.9 Å². The molecule has 20 heavy (non-hydrogen) atoms. The molecule has 1 aliphatic heterocycles. The zero-order chi connectivity index (χ0) is 15.3. The van der Waals surface area contributed by atoms with Crippen LogP contribution in [0.25, 0.3) is 0 Å². The molecule has 1 rings (SSSR count). The summed E-state index contributed by atoms with van der Waals surface area (Å²) in [6, 6.07) is 0. The van der Waals surface area contributed by atoms with E-state index in [1.54, 1.807) is 0 Å². The van der Waals surface area contributed by atoms with Crippen LogP contribution in [-0.4, -0.2) is 54.2 Å². The average molecular weight is 290 g/mol. The third kappa shape index (κ3) is 5.14. The summed E-state index contributed by atoms with van der Waals surface area (Å²) in [7, 11) is 0. The van der Waals surface area contributed by atoms with E-state index in [0.717, 1.165) is 0 Å². The molecule has 0 bridgehead atoms. The van der Waals surface area contributed by atoms with Crippen molar-refractivity contribution >= 4 is 17.9 Å². The highest BCUT2D eigenvalue weighted by Crippen LogP contribution is 2.24. The number of rotatable bonds is 4. The molecule has 0 aromatic rings. The van der Waals surface area contributed by atoms with E-state index in [0.29, 0.717) is 0 Å². The normalized spacial score (nSPS) is 29.4. The molecule has 0 spiro atoms. The first-order valence-corrected chi connectivity index (χ1v) is 6.11. The highest BCUT2D eigenvalue weighted by atomic mass is 16.7. The number of aliphatic hydroxyl groups excluding tert-OH is 1. The van der Waals surface area contributed by atoms with Gasteiger partial charge in [0, 0.05) is 27.2 Å². The van der Waals surface area contributed by atoms with Crippen LogP contribution in [0.2, 0.25) is 0 Å². The van der Waals surface area contributed by atoms with Crippen molar-refractivity contribution in [3.05, 3.63) is 0 Å². The van der Waals surface area contributed by atoms with E-state index < -0.39 is 42.5 Å². The van der Waals surface area contributed by atoms with Gasteiger partial charge in [-0.25, -0.2) is 0 Å². The summed E-state index contributed by atoms with van der Waals surface area (Å²) in [6.07, 6.45) is -3.93. The molecule has 1 fully saturated rings. The van der Waals surface area contributed by atoms with Crippen molar-refractivity contribution < 1.29 is 38.4 Å². The van der Waals surface area contributed by atoms with Gasteiger partial charge in [-0.15, -0.1) is 0 Å². The minimum Gasteiger partial charge on any atom is -0.463 e. The van der Waals surface area contributed by atoms with Crippen LogP contribution in [0.4, 0.5) is 0 Å². The molecule has 0 aromatic heterocycles. The number of hydrogen-bond acceptors (Lipinski definition) is 8. The van der Waals surface area contributed by atoms with Gasteiger partial charge in [-0.05, 0) is 0 Å². The molecular weight excluding hydrogens is 272 g/mol. The Bertz CT molecular complexity index is 380. The predicted molar refractivity (Wildman–Crippen MR) is 63.2 cm³/mol. The summed E-state index contributed by atoms with van der Waals surface area (Å²) in [5.74, 6) is -1.70. The van der Waals surface area contributed by atoms with Crippen LogP contribution in [0.15, 0.2) is 0 Å². The number of carbonyl (C=O) groups is 3. The molecule has 114 valence electrons. The highest BCUT2D eigenvalue weighted by Gasteiger charge is 2.42. The van der Waals surface area contributed by atoms with Crippen molar-refractivity contribution in [2.75, 3.05) is 6.61 Å². The van der Waals surface area contributed by atoms with Gasteiger partial charge in [0.1, 0.15) is 12.7 Å². The van der Waals surface area contributed by atoms with Gasteiger partial charge in [0.15, 0.2) is 12.4 Å². The predicted octanol–water partition coefficient (Wildman–Crippen LogP) is -0.480. The topological polar surface area (TPSA) is 108 Å². The zero-order valence-corrected chi connectivity index (χ0v) is 11.5. The molecule has 0 saturated carbocycles. The number of carbonyl (C=O) groups excluding carboxylic acids is 3. The van der Waals surface area contributed by atoms with Crippen molar-refractivity contribution in [3.8, 4) is 0 Å². The van der Waals surface area contributed by atoms with E-state index in [1.807, 2.05) is 0 Å². The Morgan fingerprint density at radius 2 is 1.70 bits per heavy atom. The molecule has 4 atom stereocenters. The van der Waals surface area contributed by atoms with Crippen molar-refractivity contribution in [2.45, 2.75) is 51.8 Å². The smallest absolute Gasteiger partial charge is 0.303 e. The Morgan fingerprint density at radius 3 is 2.20 bits per heavy atom. The molecule has 0 radical (unpaired) electrons. The Labute approximate surface area is 115 Å². The quantitative estimate of drug-likeness (QED) is 0.546. The lowest BCUT2D eigenvalue weighted by Crippen LogP contribution is -2.52. The summed E-state index contributed by atoms with van der Waals surface area (Å²) in [5.41, 5.74) is 0. The molecule has 8 nitrogen and oxygen atoms in total. The Balaban J connectivity index is 2.71. The highest BCUT2D eigenvalue weighted by molar-refractivity contribution is 5.67. The molecule has 1 saturated heterocycles. The maximum atomic E-state index is 11.1. The summed E-state index contributed by atoms with van der Waals surface area (Å²) < 4.78 is 19.9. The van der Waals surface area contributed by atoms with Crippen LogP contribution in [0.3, 0.4) is 0 Å². The summed E-state index contributed by atoms with van der Waals surface area (Å²) in [5, 5.41) is 9.81. The van der Waals surface area contributed by atoms with Gasteiger partial charge < -0.3 is 24.1 Å². The monoisotopic (exact) mass is 290 g/mol. The molecule has 8 heteroatoms. The zero-order valence-electron chi connectivity index (χ0n) is 11.5. The van der Waals surface area contributed by atoms with Gasteiger partial charge in [-0.1, -0.05) is 0 Å². The fourth-order valence-electron chi connectivity index (χ4n) is 1.88. The van der Waals surface area contributed by atoms with Crippen LogP contribution in [0.5, 0.6) is 0 Å². The van der Waals surface area contributed by atoms with E-state index in [2.05, 4.69) is 0 Å². The fourth-order valence-corrected chi connectivity index (χ4v) is 1.88. The lowest BCUT2D eigenvalue weighted by Gasteiger charge is -2.37. The maximum absolute atomic E-state index is 11.1. The van der Waals surface area contributed by atoms with E-state index in [9.17, 15) is 19.5 Å². The average Bonchev–Trinajstić information content (AvgIpc) is 2.29. The van der Waals surface area contributed by atoms with Crippen molar-refractivity contribution in [1.29, 1.82) is 0 Å². The number of aliphatic hydroxyl groups is 1. The number of ether oxygens (including phenoxy) is 4. The largest absolute Gasteiger partial charge is 0.463 e. The molecule has 0 amide bonds. The Kier molecular flexibility index (Phi) is 5.90. The summed E-state index contributed by atoms with van der Waals surface area (Å²) in [6.45, 7) is 3.53. The first-order valence-electron chi connectivity index (χ1n) is 6.11.